The van der Waals surface area contributed by atoms with Crippen LogP contribution >= 0.6 is 0 Å². The highest BCUT2D eigenvalue weighted by atomic mass is 19.4. The van der Waals surface area contributed by atoms with Gasteiger partial charge in [0.05, 0.1) is 22.9 Å². The fraction of sp³-hybridized carbons (Fsp3) is 0.0294. The minimum atomic E-state index is -4.60. The van der Waals surface area contributed by atoms with Crippen molar-refractivity contribution in [3.05, 3.63) is 138 Å². The molecule has 212 valence electrons. The van der Waals surface area contributed by atoms with Gasteiger partial charge in [0.2, 0.25) is 0 Å². The number of carbonyl (C=O) groups excluding carboxylic acids is 2. The minimum absolute atomic E-state index is 0.0602. The average Bonchev–Trinajstić information content (AvgIpc) is 3.42. The molecule has 1 heterocycles. The number of halogens is 3. The first-order valence-corrected chi connectivity index (χ1v) is 13.2. The molecule has 0 aliphatic heterocycles. The molecule has 0 spiro atoms. The molecule has 0 unspecified atom stereocenters. The van der Waals surface area contributed by atoms with Gasteiger partial charge in [-0.2, -0.15) is 18.3 Å². The van der Waals surface area contributed by atoms with Gasteiger partial charge in [0.15, 0.2) is 0 Å². The molecule has 0 radical (unpaired) electrons. The molecule has 6 nitrogen and oxygen atoms in total. The van der Waals surface area contributed by atoms with E-state index in [2.05, 4.69) is 15.5 Å². The van der Waals surface area contributed by atoms with E-state index < -0.39 is 23.6 Å². The summed E-state index contributed by atoms with van der Waals surface area (Å²) in [5.41, 5.74) is 4.36. The number of ether oxygens (including phenoxy) is 1. The third kappa shape index (κ3) is 5.60. The van der Waals surface area contributed by atoms with Crippen LogP contribution in [0.15, 0.2) is 120 Å². The molecule has 9 heteroatoms. The lowest BCUT2D eigenvalue weighted by atomic mass is 9.99. The van der Waals surface area contributed by atoms with Crippen LogP contribution < -0.4 is 10.2 Å². The number of amides is 1. The molecule has 2 N–H and O–H groups in total. The predicted octanol–water partition coefficient (Wildman–Crippen LogP) is 7.99. The Balaban J connectivity index is 1.27. The summed E-state index contributed by atoms with van der Waals surface area (Å²) in [6.07, 6.45) is -3.30. The summed E-state index contributed by atoms with van der Waals surface area (Å²) in [7, 11) is 0. The van der Waals surface area contributed by atoms with Crippen LogP contribution in [0.1, 0.15) is 32.0 Å². The molecular weight excluding hydrogens is 555 g/mol. The fourth-order valence-corrected chi connectivity index (χ4v) is 4.89. The molecule has 0 atom stereocenters. The highest BCUT2D eigenvalue weighted by Crippen LogP contribution is 2.36. The van der Waals surface area contributed by atoms with Gasteiger partial charge in [0.25, 0.3) is 5.91 Å². The van der Waals surface area contributed by atoms with Crippen molar-refractivity contribution in [2.24, 2.45) is 5.10 Å². The Morgan fingerprint density at radius 3 is 2.35 bits per heavy atom. The van der Waals surface area contributed by atoms with E-state index in [4.69, 9.17) is 4.74 Å². The van der Waals surface area contributed by atoms with E-state index in [0.717, 1.165) is 51.0 Å². The summed E-state index contributed by atoms with van der Waals surface area (Å²) in [6.45, 7) is 0. The van der Waals surface area contributed by atoms with Gasteiger partial charge in [-0.1, -0.05) is 84.9 Å². The van der Waals surface area contributed by atoms with E-state index in [9.17, 15) is 22.8 Å². The van der Waals surface area contributed by atoms with Crippen molar-refractivity contribution in [2.45, 2.75) is 6.18 Å². The number of hydrogen-bond acceptors (Lipinski definition) is 4. The number of hydrogen-bond donors (Lipinski definition) is 2. The number of para-hydroxylation sites is 1. The van der Waals surface area contributed by atoms with Gasteiger partial charge in [-0.15, -0.1) is 0 Å². The number of rotatable bonds is 6. The van der Waals surface area contributed by atoms with Crippen LogP contribution in [-0.2, 0) is 6.18 Å². The van der Waals surface area contributed by atoms with Gasteiger partial charge >= 0.3 is 12.1 Å². The first-order chi connectivity index (χ1) is 20.8. The highest BCUT2D eigenvalue weighted by Gasteiger charge is 2.31. The molecule has 43 heavy (non-hydrogen) atoms. The maximum Gasteiger partial charge on any atom is 0.416 e. The van der Waals surface area contributed by atoms with Crippen LogP contribution in [-0.4, -0.2) is 23.1 Å². The lowest BCUT2D eigenvalue weighted by Crippen LogP contribution is -2.19. The summed E-state index contributed by atoms with van der Waals surface area (Å²) < 4.78 is 44.7. The number of nitrogens with zero attached hydrogens (tertiary/aromatic N) is 1. The molecule has 5 aromatic carbocycles. The quantitative estimate of drug-likeness (QED) is 0.0911. The standard InChI is InChI=1S/C34H22F3N3O3/c35-34(36,37)25-14-8-13-23(19-25)33(42)43-28-16-7-5-12-24(28)20-38-40-32(41)31-29(22-10-2-1-3-11-22)27-18-17-21-9-4-6-15-26(21)30(27)39-31/h1-20,39H,(H,40,41). The first-order valence-electron chi connectivity index (χ1n) is 13.2. The number of benzene rings is 5. The predicted molar refractivity (Wildman–Crippen MR) is 159 cm³/mol. The van der Waals surface area contributed by atoms with Crippen LogP contribution in [0, 0.1) is 0 Å². The average molecular weight is 578 g/mol. The van der Waals surface area contributed by atoms with Gasteiger partial charge in [-0.25, -0.2) is 10.2 Å². The first kappa shape index (κ1) is 27.5. The zero-order valence-corrected chi connectivity index (χ0v) is 22.4. The van der Waals surface area contributed by atoms with E-state index >= 15 is 0 Å². The van der Waals surface area contributed by atoms with Crippen LogP contribution in [0.2, 0.25) is 0 Å². The Labute approximate surface area is 243 Å². The van der Waals surface area contributed by atoms with Gasteiger partial charge in [0.1, 0.15) is 11.4 Å². The van der Waals surface area contributed by atoms with Crippen molar-refractivity contribution in [3.63, 3.8) is 0 Å². The van der Waals surface area contributed by atoms with Crippen LogP contribution in [0.5, 0.6) is 5.75 Å². The smallest absolute Gasteiger partial charge is 0.416 e. The third-order valence-electron chi connectivity index (χ3n) is 6.90. The van der Waals surface area contributed by atoms with E-state index in [-0.39, 0.29) is 11.3 Å². The summed E-state index contributed by atoms with van der Waals surface area (Å²) in [4.78, 5) is 29.4. The Hall–Kier alpha value is -5.70. The zero-order chi connectivity index (χ0) is 30.0. The Morgan fingerprint density at radius 1 is 0.791 bits per heavy atom. The lowest BCUT2D eigenvalue weighted by Gasteiger charge is -2.10. The SMILES string of the molecule is O=C(Oc1ccccc1C=NNC(=O)c1[nH]c2c(ccc3ccccc32)c1-c1ccccc1)c1cccc(C(F)(F)F)c1. The topological polar surface area (TPSA) is 83.5 Å². The van der Waals surface area contributed by atoms with Crippen molar-refractivity contribution in [2.75, 3.05) is 0 Å². The monoisotopic (exact) mass is 577 g/mol. The molecule has 1 aromatic heterocycles. The highest BCUT2D eigenvalue weighted by molar-refractivity contribution is 6.16. The Morgan fingerprint density at radius 2 is 1.53 bits per heavy atom. The molecule has 1 amide bonds. The summed E-state index contributed by atoms with van der Waals surface area (Å²) in [6, 6.07) is 31.7. The van der Waals surface area contributed by atoms with Gasteiger partial charge in [-0.05, 0) is 41.3 Å². The molecule has 6 rings (SSSR count). The third-order valence-corrected chi connectivity index (χ3v) is 6.90. The lowest BCUT2D eigenvalue weighted by molar-refractivity contribution is -0.137. The van der Waals surface area contributed by atoms with E-state index in [0.29, 0.717) is 11.3 Å². The van der Waals surface area contributed by atoms with Gasteiger partial charge < -0.3 is 9.72 Å². The molecule has 0 aliphatic carbocycles. The van der Waals surface area contributed by atoms with Crippen molar-refractivity contribution in [1.29, 1.82) is 0 Å². The minimum Gasteiger partial charge on any atom is -0.422 e. The number of aromatic amines is 1. The number of carbonyl (C=O) groups is 2. The molecule has 6 aromatic rings. The second-order valence-corrected chi connectivity index (χ2v) is 9.66. The van der Waals surface area contributed by atoms with E-state index in [1.165, 1.54) is 18.3 Å². The fourth-order valence-electron chi connectivity index (χ4n) is 4.89. The Bertz CT molecular complexity index is 2010. The van der Waals surface area contributed by atoms with E-state index in [1.54, 1.807) is 18.2 Å². The number of hydrazone groups is 1. The maximum absolute atomic E-state index is 13.5. The summed E-state index contributed by atoms with van der Waals surface area (Å²) in [5, 5.41) is 6.96. The van der Waals surface area contributed by atoms with Crippen molar-refractivity contribution in [1.82, 2.24) is 10.4 Å². The largest absolute Gasteiger partial charge is 0.422 e. The summed E-state index contributed by atoms with van der Waals surface area (Å²) >= 11 is 0. The van der Waals surface area contributed by atoms with Crippen LogP contribution in [0.25, 0.3) is 32.8 Å². The van der Waals surface area contributed by atoms with Crippen molar-refractivity contribution in [3.8, 4) is 16.9 Å². The number of esters is 1. The number of fused-ring (bicyclic) bond motifs is 3. The number of aromatic nitrogens is 1. The van der Waals surface area contributed by atoms with Crippen molar-refractivity contribution < 1.29 is 27.5 Å². The van der Waals surface area contributed by atoms with E-state index in [1.807, 2.05) is 66.7 Å². The van der Waals surface area contributed by atoms with Gasteiger partial charge in [-0.3, -0.25) is 4.79 Å². The Kier molecular flexibility index (Phi) is 7.21. The van der Waals surface area contributed by atoms with Crippen LogP contribution in [0.3, 0.4) is 0 Å². The molecule has 0 saturated heterocycles. The molecule has 0 bridgehead atoms. The number of alkyl halides is 3. The molecule has 0 aliphatic rings. The summed E-state index contributed by atoms with van der Waals surface area (Å²) in [5.74, 6) is -1.40. The number of H-pyrrole nitrogens is 1. The van der Waals surface area contributed by atoms with Crippen molar-refractivity contribution >= 4 is 39.8 Å². The second kappa shape index (κ2) is 11.3. The molecule has 0 fully saturated rings. The normalized spacial score (nSPS) is 11.7. The molecular formula is C34H22F3N3O3. The van der Waals surface area contributed by atoms with Crippen LogP contribution in [0.4, 0.5) is 13.2 Å². The second-order valence-electron chi connectivity index (χ2n) is 9.66. The van der Waals surface area contributed by atoms with Gasteiger partial charge in [0, 0.05) is 21.9 Å². The zero-order valence-electron chi connectivity index (χ0n) is 22.4. The maximum atomic E-state index is 13.5. The number of nitrogens with one attached hydrogen (secondary N) is 2. The molecule has 0 saturated carbocycles.